The van der Waals surface area contributed by atoms with Crippen molar-refractivity contribution in [1.29, 1.82) is 0 Å². The predicted molar refractivity (Wildman–Crippen MR) is 149 cm³/mol. The number of aliphatic hydroxyl groups is 1. The summed E-state index contributed by atoms with van der Waals surface area (Å²) in [6, 6.07) is 17.3. The Morgan fingerprint density at radius 3 is 2.44 bits per heavy atom. The summed E-state index contributed by atoms with van der Waals surface area (Å²) in [7, 11) is 1.56. The average Bonchev–Trinajstić information content (AvgIpc) is 2.89. The van der Waals surface area contributed by atoms with Gasteiger partial charge in [-0.05, 0) is 70.5 Å². The molecular formula is C32H39FO6. The maximum atomic E-state index is 15.1. The SMILES string of the molecule is CCCCO[C@H](c1cc(COc2cccc([C@H](O)CC(=O)O)c2)ccc1-c1cc(OC)ccc1F)C(C)(C)C. The molecular weight excluding hydrogens is 499 g/mol. The Hall–Kier alpha value is -3.42. The Morgan fingerprint density at radius 2 is 1.77 bits per heavy atom. The van der Waals surface area contributed by atoms with Crippen molar-refractivity contribution in [3.05, 3.63) is 83.2 Å². The standard InChI is InChI=1S/C32H39FO6/c1-6-7-15-38-31(32(2,3)4)27-16-21(11-13-25(27)26-18-23(37-5)12-14-28(26)33)20-39-24-10-8-9-22(17-24)29(34)19-30(35)36/h8-14,16-18,29,31,34H,6-7,15,19-20H2,1-5H3,(H,35,36)/t29-,31-/m1/s1. The minimum absolute atomic E-state index is 0.220. The summed E-state index contributed by atoms with van der Waals surface area (Å²) in [5, 5.41) is 19.2. The molecule has 0 fully saturated rings. The van der Waals surface area contributed by atoms with Gasteiger partial charge < -0.3 is 24.4 Å². The minimum Gasteiger partial charge on any atom is -0.497 e. The highest BCUT2D eigenvalue weighted by Gasteiger charge is 2.30. The molecule has 210 valence electrons. The summed E-state index contributed by atoms with van der Waals surface area (Å²) in [5.41, 5.74) is 3.08. The number of aliphatic hydroxyl groups excluding tert-OH is 1. The third kappa shape index (κ3) is 8.28. The topological polar surface area (TPSA) is 85.2 Å². The minimum atomic E-state index is -1.12. The Kier molecular flexibility index (Phi) is 10.5. The molecule has 0 heterocycles. The van der Waals surface area contributed by atoms with Crippen molar-refractivity contribution in [2.45, 2.75) is 65.8 Å². The van der Waals surface area contributed by atoms with E-state index in [4.69, 9.17) is 19.3 Å². The molecule has 39 heavy (non-hydrogen) atoms. The van der Waals surface area contributed by atoms with Gasteiger partial charge >= 0.3 is 5.97 Å². The number of unbranched alkanes of at least 4 members (excludes halogenated alkanes) is 1. The van der Waals surface area contributed by atoms with Crippen molar-refractivity contribution in [3.63, 3.8) is 0 Å². The summed E-state index contributed by atoms with van der Waals surface area (Å²) in [4.78, 5) is 11.0. The zero-order chi connectivity index (χ0) is 28.6. The number of aliphatic carboxylic acids is 1. The lowest BCUT2D eigenvalue weighted by atomic mass is 9.81. The van der Waals surface area contributed by atoms with Crippen molar-refractivity contribution < 1.29 is 33.6 Å². The Labute approximate surface area is 230 Å². The van der Waals surface area contributed by atoms with Crippen LogP contribution in [0.3, 0.4) is 0 Å². The van der Waals surface area contributed by atoms with Crippen molar-refractivity contribution >= 4 is 5.97 Å². The Balaban J connectivity index is 1.99. The first-order valence-electron chi connectivity index (χ1n) is 13.2. The van der Waals surface area contributed by atoms with E-state index in [9.17, 15) is 9.90 Å². The predicted octanol–water partition coefficient (Wildman–Crippen LogP) is 7.49. The summed E-state index contributed by atoms with van der Waals surface area (Å²) in [5.74, 6) is -0.357. The first kappa shape index (κ1) is 30.1. The molecule has 3 aromatic rings. The van der Waals surface area contributed by atoms with Crippen molar-refractivity contribution in [3.8, 4) is 22.6 Å². The van der Waals surface area contributed by atoms with Gasteiger partial charge in [-0.15, -0.1) is 0 Å². The van der Waals surface area contributed by atoms with Crippen LogP contribution in [0.15, 0.2) is 60.7 Å². The molecule has 0 saturated heterocycles. The van der Waals surface area contributed by atoms with E-state index in [1.54, 1.807) is 43.5 Å². The quantitative estimate of drug-likeness (QED) is 0.219. The van der Waals surface area contributed by atoms with Crippen LogP contribution in [0, 0.1) is 11.2 Å². The van der Waals surface area contributed by atoms with Gasteiger partial charge in [0, 0.05) is 12.2 Å². The van der Waals surface area contributed by atoms with Crippen molar-refractivity contribution in [1.82, 2.24) is 0 Å². The second-order valence-corrected chi connectivity index (χ2v) is 10.7. The molecule has 7 heteroatoms. The molecule has 0 amide bonds. The number of hydrogen-bond donors (Lipinski definition) is 2. The summed E-state index contributed by atoms with van der Waals surface area (Å²) in [6.45, 7) is 9.23. The lowest BCUT2D eigenvalue weighted by Crippen LogP contribution is -2.23. The number of benzene rings is 3. The highest BCUT2D eigenvalue weighted by Crippen LogP contribution is 2.42. The summed E-state index contributed by atoms with van der Waals surface area (Å²) >= 11 is 0. The van der Waals surface area contributed by atoms with Crippen LogP contribution >= 0.6 is 0 Å². The van der Waals surface area contributed by atoms with E-state index in [2.05, 4.69) is 27.7 Å². The molecule has 0 unspecified atom stereocenters. The van der Waals surface area contributed by atoms with Gasteiger partial charge in [-0.25, -0.2) is 4.39 Å². The molecule has 0 aliphatic carbocycles. The number of hydrogen-bond acceptors (Lipinski definition) is 5. The van der Waals surface area contributed by atoms with Gasteiger partial charge in [-0.1, -0.05) is 58.4 Å². The van der Waals surface area contributed by atoms with Crippen LogP contribution in [0.4, 0.5) is 4.39 Å². The van der Waals surface area contributed by atoms with Gasteiger partial charge in [0.2, 0.25) is 0 Å². The zero-order valence-corrected chi connectivity index (χ0v) is 23.4. The highest BCUT2D eigenvalue weighted by atomic mass is 19.1. The summed E-state index contributed by atoms with van der Waals surface area (Å²) < 4.78 is 32.9. The Bertz CT molecular complexity index is 1250. The Morgan fingerprint density at radius 1 is 1.00 bits per heavy atom. The lowest BCUT2D eigenvalue weighted by Gasteiger charge is -2.33. The largest absolute Gasteiger partial charge is 0.497 e. The molecule has 0 aliphatic heterocycles. The van der Waals surface area contributed by atoms with Gasteiger partial charge in [0.15, 0.2) is 0 Å². The number of halogens is 1. The molecule has 0 saturated carbocycles. The van der Waals surface area contributed by atoms with E-state index in [0.29, 0.717) is 29.2 Å². The normalized spacial score (nSPS) is 13.1. The van der Waals surface area contributed by atoms with E-state index in [0.717, 1.165) is 29.5 Å². The fraction of sp³-hybridized carbons (Fsp3) is 0.406. The summed E-state index contributed by atoms with van der Waals surface area (Å²) in [6.07, 6.45) is 0.105. The molecule has 0 spiro atoms. The number of methoxy groups -OCH3 is 1. The maximum absolute atomic E-state index is 15.1. The zero-order valence-electron chi connectivity index (χ0n) is 23.4. The number of ether oxygens (including phenoxy) is 3. The molecule has 0 bridgehead atoms. The lowest BCUT2D eigenvalue weighted by molar-refractivity contribution is -0.139. The van der Waals surface area contributed by atoms with Gasteiger partial charge in [0.1, 0.15) is 23.9 Å². The fourth-order valence-electron chi connectivity index (χ4n) is 4.42. The van der Waals surface area contributed by atoms with Crippen LogP contribution in [0.5, 0.6) is 11.5 Å². The molecule has 3 aromatic carbocycles. The van der Waals surface area contributed by atoms with Crippen molar-refractivity contribution in [2.75, 3.05) is 13.7 Å². The number of carboxylic acids is 1. The molecule has 3 rings (SSSR count). The molecule has 2 N–H and O–H groups in total. The van der Waals surface area contributed by atoms with E-state index in [-0.39, 0.29) is 30.4 Å². The second-order valence-electron chi connectivity index (χ2n) is 10.7. The van der Waals surface area contributed by atoms with E-state index >= 15 is 4.39 Å². The third-order valence-electron chi connectivity index (χ3n) is 6.45. The number of carboxylic acid groups (broad SMARTS) is 1. The van der Waals surface area contributed by atoms with Crippen LogP contribution in [-0.2, 0) is 16.1 Å². The molecule has 6 nitrogen and oxygen atoms in total. The van der Waals surface area contributed by atoms with Crippen LogP contribution in [0.25, 0.3) is 11.1 Å². The van der Waals surface area contributed by atoms with E-state index in [1.807, 2.05) is 18.2 Å². The molecule has 0 radical (unpaired) electrons. The van der Waals surface area contributed by atoms with E-state index in [1.165, 1.54) is 6.07 Å². The van der Waals surface area contributed by atoms with Crippen LogP contribution in [0.1, 0.15) is 75.9 Å². The smallest absolute Gasteiger partial charge is 0.306 e. The third-order valence-corrected chi connectivity index (χ3v) is 6.45. The first-order chi connectivity index (χ1) is 18.5. The maximum Gasteiger partial charge on any atom is 0.306 e. The van der Waals surface area contributed by atoms with Gasteiger partial charge in [-0.3, -0.25) is 4.79 Å². The molecule has 2 atom stereocenters. The average molecular weight is 539 g/mol. The van der Waals surface area contributed by atoms with Gasteiger partial charge in [0.25, 0.3) is 0 Å². The van der Waals surface area contributed by atoms with E-state index < -0.39 is 12.1 Å². The number of rotatable bonds is 13. The molecule has 0 aliphatic rings. The van der Waals surface area contributed by atoms with Crippen LogP contribution in [-0.4, -0.2) is 29.9 Å². The molecule has 0 aromatic heterocycles. The van der Waals surface area contributed by atoms with Crippen LogP contribution in [0.2, 0.25) is 0 Å². The first-order valence-corrected chi connectivity index (χ1v) is 13.2. The number of carbonyl (C=O) groups is 1. The van der Waals surface area contributed by atoms with Crippen LogP contribution < -0.4 is 9.47 Å². The monoisotopic (exact) mass is 538 g/mol. The van der Waals surface area contributed by atoms with Gasteiger partial charge in [-0.2, -0.15) is 0 Å². The highest BCUT2D eigenvalue weighted by molar-refractivity contribution is 5.70. The van der Waals surface area contributed by atoms with Crippen molar-refractivity contribution in [2.24, 2.45) is 5.41 Å². The van der Waals surface area contributed by atoms with Gasteiger partial charge in [0.05, 0.1) is 25.7 Å². The second kappa shape index (κ2) is 13.6. The fourth-order valence-corrected chi connectivity index (χ4v) is 4.42.